The maximum atomic E-state index is 13.1. The summed E-state index contributed by atoms with van der Waals surface area (Å²) in [6.07, 6.45) is 3.16. The summed E-state index contributed by atoms with van der Waals surface area (Å²) >= 11 is 0. The van der Waals surface area contributed by atoms with Crippen LogP contribution in [0.5, 0.6) is 0 Å². The number of carbonyl (C=O) groups excluding carboxylic acids is 1. The Morgan fingerprint density at radius 3 is 2.38 bits per heavy atom. The maximum Gasteiger partial charge on any atom is 0.253 e. The molecule has 1 saturated heterocycles. The summed E-state index contributed by atoms with van der Waals surface area (Å²) in [7, 11) is 0. The Labute approximate surface area is 122 Å². The van der Waals surface area contributed by atoms with Crippen LogP contribution in [0.2, 0.25) is 0 Å². The first-order chi connectivity index (χ1) is 9.77. The summed E-state index contributed by atoms with van der Waals surface area (Å²) < 4.78 is 26.0. The van der Waals surface area contributed by atoms with Crippen molar-refractivity contribution in [3.63, 3.8) is 0 Å². The van der Waals surface area contributed by atoms with E-state index in [0.717, 1.165) is 17.7 Å². The number of amides is 1. The summed E-state index contributed by atoms with van der Waals surface area (Å²) in [5.41, 5.74) is 0.341. The Balaban J connectivity index is 2.02. The van der Waals surface area contributed by atoms with Crippen LogP contribution in [-0.2, 0) is 4.79 Å². The lowest BCUT2D eigenvalue weighted by atomic mass is 9.99. The number of likely N-dealkylation sites (tertiary alicyclic amines) is 1. The lowest BCUT2D eigenvalue weighted by Gasteiger charge is -2.32. The molecule has 0 aliphatic carbocycles. The number of benzene rings is 1. The molecule has 1 aromatic carbocycles. The molecular formula is C16H19F2NO2. The molecule has 1 fully saturated rings. The molecule has 1 aromatic rings. The predicted octanol–water partition coefficient (Wildman–Crippen LogP) is 2.74. The maximum absolute atomic E-state index is 13.1. The summed E-state index contributed by atoms with van der Waals surface area (Å²) in [5.74, 6) is -2.00. The van der Waals surface area contributed by atoms with Crippen molar-refractivity contribution >= 4 is 12.0 Å². The molecule has 1 aliphatic rings. The van der Waals surface area contributed by atoms with E-state index < -0.39 is 17.2 Å². The van der Waals surface area contributed by atoms with Gasteiger partial charge >= 0.3 is 0 Å². The van der Waals surface area contributed by atoms with Crippen molar-refractivity contribution in [1.29, 1.82) is 0 Å². The average Bonchev–Trinajstić information content (AvgIpc) is 2.42. The molecule has 5 heteroatoms. The van der Waals surface area contributed by atoms with Crippen LogP contribution >= 0.6 is 0 Å². The largest absolute Gasteiger partial charge is 0.381 e. The molecular weight excluding hydrogens is 276 g/mol. The van der Waals surface area contributed by atoms with Crippen LogP contribution in [0.25, 0.3) is 6.08 Å². The van der Waals surface area contributed by atoms with E-state index >= 15 is 0 Å². The van der Waals surface area contributed by atoms with Gasteiger partial charge in [0.05, 0.1) is 0 Å². The fourth-order valence-electron chi connectivity index (χ4n) is 2.37. The fourth-order valence-corrected chi connectivity index (χ4v) is 2.37. The number of piperidine rings is 1. The molecule has 1 aliphatic heterocycles. The molecule has 1 amide bonds. The number of aliphatic hydroxyl groups is 1. The summed E-state index contributed by atoms with van der Waals surface area (Å²) in [6, 6.07) is 3.80. The standard InChI is InChI=1S/C16H19F2NO2/c1-16(2,21)15(20)19-7-5-11(6-8-19)9-12-3-4-13(17)14(18)10-12/h3-4,9-10,21H,5-8H2,1-2H3. The van der Waals surface area contributed by atoms with E-state index in [1.54, 1.807) is 4.90 Å². The van der Waals surface area contributed by atoms with Crippen molar-refractivity contribution in [2.75, 3.05) is 13.1 Å². The van der Waals surface area contributed by atoms with E-state index in [-0.39, 0.29) is 5.91 Å². The van der Waals surface area contributed by atoms with Gasteiger partial charge in [-0.2, -0.15) is 0 Å². The monoisotopic (exact) mass is 295 g/mol. The minimum Gasteiger partial charge on any atom is -0.381 e. The first kappa shape index (κ1) is 15.6. The summed E-state index contributed by atoms with van der Waals surface area (Å²) in [5, 5.41) is 9.71. The molecule has 0 aromatic heterocycles. The normalized spacial score (nSPS) is 16.0. The molecule has 1 N–H and O–H groups in total. The van der Waals surface area contributed by atoms with Gasteiger partial charge in [0.15, 0.2) is 11.6 Å². The highest BCUT2D eigenvalue weighted by Gasteiger charge is 2.30. The number of halogens is 2. The third kappa shape index (κ3) is 3.88. The molecule has 0 spiro atoms. The van der Waals surface area contributed by atoms with Crippen LogP contribution in [0, 0.1) is 11.6 Å². The van der Waals surface area contributed by atoms with E-state index in [9.17, 15) is 18.7 Å². The van der Waals surface area contributed by atoms with Crippen molar-refractivity contribution < 1.29 is 18.7 Å². The SMILES string of the molecule is CC(C)(O)C(=O)N1CCC(=Cc2ccc(F)c(F)c2)CC1. The van der Waals surface area contributed by atoms with Gasteiger partial charge in [0.2, 0.25) is 0 Å². The summed E-state index contributed by atoms with van der Waals surface area (Å²) in [6.45, 7) is 4.00. The van der Waals surface area contributed by atoms with Crippen molar-refractivity contribution in [2.45, 2.75) is 32.3 Å². The number of hydrogen-bond donors (Lipinski definition) is 1. The molecule has 0 atom stereocenters. The van der Waals surface area contributed by atoms with Gasteiger partial charge in [-0.1, -0.05) is 17.7 Å². The van der Waals surface area contributed by atoms with E-state index in [2.05, 4.69) is 0 Å². The van der Waals surface area contributed by atoms with Crippen LogP contribution < -0.4 is 0 Å². The van der Waals surface area contributed by atoms with Gasteiger partial charge in [-0.15, -0.1) is 0 Å². The van der Waals surface area contributed by atoms with E-state index in [0.29, 0.717) is 31.5 Å². The molecule has 2 rings (SSSR count). The van der Waals surface area contributed by atoms with Gasteiger partial charge in [-0.05, 0) is 44.4 Å². The zero-order valence-electron chi connectivity index (χ0n) is 12.2. The first-order valence-electron chi connectivity index (χ1n) is 6.93. The smallest absolute Gasteiger partial charge is 0.253 e. The Morgan fingerprint density at radius 2 is 1.86 bits per heavy atom. The van der Waals surface area contributed by atoms with E-state index in [1.165, 1.54) is 19.9 Å². The van der Waals surface area contributed by atoms with Crippen LogP contribution in [0.1, 0.15) is 32.3 Å². The molecule has 0 radical (unpaired) electrons. The fraction of sp³-hybridized carbons (Fsp3) is 0.438. The molecule has 1 heterocycles. The van der Waals surface area contributed by atoms with Crippen LogP contribution in [-0.4, -0.2) is 34.6 Å². The highest BCUT2D eigenvalue weighted by molar-refractivity contribution is 5.84. The van der Waals surface area contributed by atoms with E-state index in [1.807, 2.05) is 6.08 Å². The predicted molar refractivity (Wildman–Crippen MR) is 76.4 cm³/mol. The quantitative estimate of drug-likeness (QED) is 0.911. The van der Waals surface area contributed by atoms with Gasteiger partial charge in [0.25, 0.3) is 5.91 Å². The number of rotatable bonds is 2. The number of carbonyl (C=O) groups is 1. The van der Waals surface area contributed by atoms with Gasteiger partial charge in [-0.3, -0.25) is 4.79 Å². The van der Waals surface area contributed by atoms with Crippen molar-refractivity contribution in [1.82, 2.24) is 4.90 Å². The zero-order chi connectivity index (χ0) is 15.6. The lowest BCUT2D eigenvalue weighted by molar-refractivity contribution is -0.148. The van der Waals surface area contributed by atoms with Crippen molar-refractivity contribution in [3.8, 4) is 0 Å². The first-order valence-corrected chi connectivity index (χ1v) is 6.93. The van der Waals surface area contributed by atoms with Crippen molar-refractivity contribution in [2.24, 2.45) is 0 Å². The van der Waals surface area contributed by atoms with Crippen LogP contribution in [0.15, 0.2) is 23.8 Å². The topological polar surface area (TPSA) is 40.5 Å². The molecule has 114 valence electrons. The highest BCUT2D eigenvalue weighted by atomic mass is 19.2. The third-order valence-electron chi connectivity index (χ3n) is 3.53. The zero-order valence-corrected chi connectivity index (χ0v) is 12.2. The molecule has 21 heavy (non-hydrogen) atoms. The van der Waals surface area contributed by atoms with Gasteiger partial charge in [-0.25, -0.2) is 8.78 Å². The second-order valence-electron chi connectivity index (χ2n) is 5.83. The minimum absolute atomic E-state index is 0.283. The molecule has 0 bridgehead atoms. The second kappa shape index (κ2) is 5.93. The van der Waals surface area contributed by atoms with Crippen LogP contribution in [0.4, 0.5) is 8.78 Å². The molecule has 3 nitrogen and oxygen atoms in total. The third-order valence-corrected chi connectivity index (χ3v) is 3.53. The van der Waals surface area contributed by atoms with Gasteiger partial charge in [0.1, 0.15) is 5.60 Å². The van der Waals surface area contributed by atoms with Gasteiger partial charge < -0.3 is 10.0 Å². The van der Waals surface area contributed by atoms with E-state index in [4.69, 9.17) is 0 Å². The Hall–Kier alpha value is -1.75. The molecule has 0 unspecified atom stereocenters. The lowest BCUT2D eigenvalue weighted by Crippen LogP contribution is -2.47. The average molecular weight is 295 g/mol. The Bertz CT molecular complexity index is 566. The number of hydrogen-bond acceptors (Lipinski definition) is 2. The second-order valence-corrected chi connectivity index (χ2v) is 5.83. The van der Waals surface area contributed by atoms with Crippen molar-refractivity contribution in [3.05, 3.63) is 41.0 Å². The Kier molecular flexibility index (Phi) is 4.42. The summed E-state index contributed by atoms with van der Waals surface area (Å²) in [4.78, 5) is 13.6. The number of nitrogens with zero attached hydrogens (tertiary/aromatic N) is 1. The highest BCUT2D eigenvalue weighted by Crippen LogP contribution is 2.22. The minimum atomic E-state index is -1.36. The van der Waals surface area contributed by atoms with Crippen LogP contribution in [0.3, 0.4) is 0 Å². The Morgan fingerprint density at radius 1 is 1.24 bits per heavy atom. The molecule has 0 saturated carbocycles. The van der Waals surface area contributed by atoms with Gasteiger partial charge in [0, 0.05) is 13.1 Å².